The van der Waals surface area contributed by atoms with E-state index in [0.29, 0.717) is 24.7 Å². The lowest BCUT2D eigenvalue weighted by atomic mass is 9.92. The topological polar surface area (TPSA) is 70.5 Å². The van der Waals surface area contributed by atoms with E-state index in [9.17, 15) is 9.59 Å². The molecule has 3 aliphatic rings. The van der Waals surface area contributed by atoms with Crippen molar-refractivity contribution in [3.05, 3.63) is 46.2 Å². The zero-order valence-electron chi connectivity index (χ0n) is 21.3. The lowest BCUT2D eigenvalue weighted by molar-refractivity contribution is -0.119. The van der Waals surface area contributed by atoms with Crippen LogP contribution in [-0.2, 0) is 24.2 Å². The van der Waals surface area contributed by atoms with Crippen molar-refractivity contribution in [3.8, 4) is 0 Å². The second kappa shape index (κ2) is 11.2. The van der Waals surface area contributed by atoms with Crippen LogP contribution in [0.4, 0.5) is 5.69 Å². The molecule has 36 heavy (non-hydrogen) atoms. The molecule has 2 fully saturated rings. The van der Waals surface area contributed by atoms with Crippen molar-refractivity contribution in [2.45, 2.75) is 77.3 Å². The van der Waals surface area contributed by atoms with Gasteiger partial charge in [0.25, 0.3) is 5.91 Å². The number of benzene rings is 1. The van der Waals surface area contributed by atoms with Crippen molar-refractivity contribution in [2.24, 2.45) is 5.92 Å². The van der Waals surface area contributed by atoms with E-state index in [1.807, 2.05) is 17.0 Å². The summed E-state index contributed by atoms with van der Waals surface area (Å²) in [6, 6.07) is 8.31. The van der Waals surface area contributed by atoms with Crippen molar-refractivity contribution in [1.82, 2.24) is 20.0 Å². The van der Waals surface area contributed by atoms with Gasteiger partial charge in [0.15, 0.2) is 5.69 Å². The van der Waals surface area contributed by atoms with Gasteiger partial charge in [-0.25, -0.2) is 0 Å². The number of aryl methyl sites for hydroxylation is 1. The van der Waals surface area contributed by atoms with E-state index in [0.717, 1.165) is 63.2 Å². The second-order valence-corrected chi connectivity index (χ2v) is 11.1. The lowest BCUT2D eigenvalue weighted by Crippen LogP contribution is -2.46. The second-order valence-electron chi connectivity index (χ2n) is 10.7. The Kier molecular flexibility index (Phi) is 7.85. The molecule has 0 radical (unpaired) electrons. The standard InChI is InChI=1S/C28H38ClN5O2/c1-20(35)30-23-12-16-33(17-13-23)28(36)27-25-7-2-3-8-26(25)34(31-27)18-11-21-9-14-32(15-10-21)24-6-4-5-22(29)19-24/h4-6,19,21,23H,2-3,7-18H2,1H3,(H,30,35). The number of amides is 2. The van der Waals surface area contributed by atoms with E-state index in [1.165, 1.54) is 36.2 Å². The molecule has 0 atom stereocenters. The van der Waals surface area contributed by atoms with Crippen LogP contribution in [0.3, 0.4) is 0 Å². The average molecular weight is 512 g/mol. The van der Waals surface area contributed by atoms with Crippen LogP contribution >= 0.6 is 11.6 Å². The number of hydrogen-bond acceptors (Lipinski definition) is 4. The number of hydrogen-bond donors (Lipinski definition) is 1. The smallest absolute Gasteiger partial charge is 0.274 e. The fraction of sp³-hybridized carbons (Fsp3) is 0.607. The minimum absolute atomic E-state index is 0.00252. The molecule has 1 N–H and O–H groups in total. The Hall–Kier alpha value is -2.54. The van der Waals surface area contributed by atoms with E-state index in [2.05, 4.69) is 27.0 Å². The molecule has 0 spiro atoms. The van der Waals surface area contributed by atoms with Crippen LogP contribution in [0.1, 0.15) is 73.6 Å². The first-order valence-electron chi connectivity index (χ1n) is 13.6. The first-order valence-corrected chi connectivity index (χ1v) is 14.0. The lowest BCUT2D eigenvalue weighted by Gasteiger charge is -2.33. The fourth-order valence-corrected chi connectivity index (χ4v) is 6.33. The largest absolute Gasteiger partial charge is 0.371 e. The van der Waals surface area contributed by atoms with Gasteiger partial charge in [0, 0.05) is 67.7 Å². The molecule has 1 aromatic carbocycles. The van der Waals surface area contributed by atoms with Gasteiger partial charge in [0.05, 0.1) is 0 Å². The van der Waals surface area contributed by atoms with Crippen LogP contribution in [0.2, 0.25) is 5.02 Å². The van der Waals surface area contributed by atoms with E-state index >= 15 is 0 Å². The number of halogens is 1. The molecule has 0 saturated carbocycles. The summed E-state index contributed by atoms with van der Waals surface area (Å²) in [5.74, 6) is 0.751. The third kappa shape index (κ3) is 5.72. The normalized spacial score (nSPS) is 19.3. The molecule has 2 aromatic rings. The Balaban J connectivity index is 1.19. The Morgan fingerprint density at radius 3 is 2.53 bits per heavy atom. The van der Waals surface area contributed by atoms with Crippen molar-refractivity contribution in [2.75, 3.05) is 31.1 Å². The Morgan fingerprint density at radius 2 is 1.81 bits per heavy atom. The summed E-state index contributed by atoms with van der Waals surface area (Å²) in [7, 11) is 0. The first kappa shape index (κ1) is 25.1. The number of fused-ring (bicyclic) bond motifs is 1. The molecule has 5 rings (SSSR count). The number of aromatic nitrogens is 2. The minimum Gasteiger partial charge on any atom is -0.371 e. The number of likely N-dealkylation sites (tertiary alicyclic amines) is 1. The number of anilines is 1. The maximum atomic E-state index is 13.5. The van der Waals surface area contributed by atoms with Gasteiger partial charge in [0.1, 0.15) is 0 Å². The molecule has 0 bridgehead atoms. The summed E-state index contributed by atoms with van der Waals surface area (Å²) >= 11 is 6.19. The third-order valence-electron chi connectivity index (χ3n) is 8.19. The number of carbonyl (C=O) groups excluding carboxylic acids is 2. The molecule has 0 unspecified atom stereocenters. The van der Waals surface area contributed by atoms with Crippen molar-refractivity contribution < 1.29 is 9.59 Å². The number of piperidine rings is 2. The first-order chi connectivity index (χ1) is 17.5. The maximum Gasteiger partial charge on any atom is 0.274 e. The summed E-state index contributed by atoms with van der Waals surface area (Å²) in [6.07, 6.45) is 9.34. The Bertz CT molecular complexity index is 1080. The maximum absolute atomic E-state index is 13.5. The van der Waals surface area contributed by atoms with E-state index < -0.39 is 0 Å². The van der Waals surface area contributed by atoms with Crippen molar-refractivity contribution >= 4 is 29.1 Å². The van der Waals surface area contributed by atoms with Crippen LogP contribution in [0.5, 0.6) is 0 Å². The predicted octanol–water partition coefficient (Wildman–Crippen LogP) is 4.46. The van der Waals surface area contributed by atoms with Crippen LogP contribution in [0.15, 0.2) is 24.3 Å². The predicted molar refractivity (Wildman–Crippen MR) is 143 cm³/mol. The van der Waals surface area contributed by atoms with Crippen LogP contribution < -0.4 is 10.2 Å². The highest BCUT2D eigenvalue weighted by atomic mass is 35.5. The molecule has 2 amide bonds. The van der Waals surface area contributed by atoms with Crippen LogP contribution in [-0.4, -0.2) is 58.7 Å². The summed E-state index contributed by atoms with van der Waals surface area (Å²) < 4.78 is 2.16. The molecule has 7 nitrogen and oxygen atoms in total. The Morgan fingerprint density at radius 1 is 1.06 bits per heavy atom. The SMILES string of the molecule is CC(=O)NC1CCN(C(=O)c2nn(CCC3CCN(c4cccc(Cl)c4)CC3)c3c2CCCC3)CC1. The van der Waals surface area contributed by atoms with Gasteiger partial charge >= 0.3 is 0 Å². The van der Waals surface area contributed by atoms with E-state index in [-0.39, 0.29) is 17.9 Å². The molecule has 1 aromatic heterocycles. The van der Waals surface area contributed by atoms with E-state index in [4.69, 9.17) is 16.7 Å². The summed E-state index contributed by atoms with van der Waals surface area (Å²) in [5.41, 5.74) is 4.37. The molecule has 1 aliphatic carbocycles. The van der Waals surface area contributed by atoms with Gasteiger partial charge in [-0.15, -0.1) is 0 Å². The highest BCUT2D eigenvalue weighted by molar-refractivity contribution is 6.30. The van der Waals surface area contributed by atoms with Gasteiger partial charge in [-0.2, -0.15) is 5.10 Å². The molecule has 2 saturated heterocycles. The van der Waals surface area contributed by atoms with Crippen molar-refractivity contribution in [3.63, 3.8) is 0 Å². The molecular weight excluding hydrogens is 474 g/mol. The monoisotopic (exact) mass is 511 g/mol. The van der Waals surface area contributed by atoms with E-state index in [1.54, 1.807) is 6.92 Å². The quantitative estimate of drug-likeness (QED) is 0.621. The summed E-state index contributed by atoms with van der Waals surface area (Å²) in [4.78, 5) is 29.2. The fourth-order valence-electron chi connectivity index (χ4n) is 6.15. The molecule has 194 valence electrons. The third-order valence-corrected chi connectivity index (χ3v) is 8.42. The van der Waals surface area contributed by atoms with Gasteiger partial charge in [0.2, 0.25) is 5.91 Å². The number of nitrogens with one attached hydrogen (secondary N) is 1. The summed E-state index contributed by atoms with van der Waals surface area (Å²) in [5, 5.41) is 8.71. The zero-order valence-corrected chi connectivity index (χ0v) is 22.1. The molecular formula is C28H38ClN5O2. The highest BCUT2D eigenvalue weighted by Crippen LogP contribution is 2.30. The molecule has 2 aliphatic heterocycles. The highest BCUT2D eigenvalue weighted by Gasteiger charge is 2.31. The number of rotatable bonds is 6. The average Bonchev–Trinajstić information content (AvgIpc) is 3.26. The van der Waals surface area contributed by atoms with Gasteiger partial charge in [-0.3, -0.25) is 14.3 Å². The zero-order chi connectivity index (χ0) is 25.1. The van der Waals surface area contributed by atoms with Crippen LogP contribution in [0.25, 0.3) is 0 Å². The molecule has 3 heterocycles. The van der Waals surface area contributed by atoms with Gasteiger partial charge in [-0.05, 0) is 81.9 Å². The van der Waals surface area contributed by atoms with Crippen molar-refractivity contribution in [1.29, 1.82) is 0 Å². The van der Waals surface area contributed by atoms with Gasteiger partial charge < -0.3 is 15.1 Å². The number of nitrogens with zero attached hydrogens (tertiary/aromatic N) is 4. The number of carbonyl (C=O) groups is 2. The van der Waals surface area contributed by atoms with Crippen LogP contribution in [0, 0.1) is 5.92 Å². The minimum atomic E-state index is 0.00252. The van der Waals surface area contributed by atoms with Gasteiger partial charge in [-0.1, -0.05) is 17.7 Å². The molecule has 8 heteroatoms. The Labute approximate surface area is 219 Å². The summed E-state index contributed by atoms with van der Waals surface area (Å²) in [6.45, 7) is 5.91.